The molecule has 1 aromatic heterocycles. The van der Waals surface area contributed by atoms with Crippen LogP contribution in [0.2, 0.25) is 5.02 Å². The number of benzene rings is 1. The van der Waals surface area contributed by atoms with Gasteiger partial charge in [0.1, 0.15) is 11.5 Å². The second-order valence-electron chi connectivity index (χ2n) is 4.85. The Morgan fingerprint density at radius 1 is 1.48 bits per heavy atom. The molecule has 2 rings (SSSR count). The number of halogens is 2. The van der Waals surface area contributed by atoms with E-state index in [-0.39, 0.29) is 10.9 Å². The zero-order valence-corrected chi connectivity index (χ0v) is 13.4. The van der Waals surface area contributed by atoms with E-state index in [0.29, 0.717) is 18.7 Å². The Morgan fingerprint density at radius 3 is 2.76 bits per heavy atom. The molecule has 1 N–H and O–H groups in total. The molecule has 6 heteroatoms. The normalized spacial score (nSPS) is 10.7. The molecular weight excluding hydrogens is 311 g/mol. The van der Waals surface area contributed by atoms with Crippen molar-refractivity contribution in [3.05, 3.63) is 52.1 Å². The van der Waals surface area contributed by atoms with Gasteiger partial charge in [0.15, 0.2) is 0 Å². The number of carbonyl (C=O) groups is 1. The second-order valence-corrected chi connectivity index (χ2v) is 5.74. The third-order valence-corrected chi connectivity index (χ3v) is 4.05. The summed E-state index contributed by atoms with van der Waals surface area (Å²) in [5, 5.41) is 2.94. The predicted molar refractivity (Wildman–Crippen MR) is 84.8 cm³/mol. The van der Waals surface area contributed by atoms with Crippen molar-refractivity contribution < 1.29 is 9.18 Å². The highest BCUT2D eigenvalue weighted by Crippen LogP contribution is 2.19. The van der Waals surface area contributed by atoms with Gasteiger partial charge >= 0.3 is 0 Å². The van der Waals surface area contributed by atoms with E-state index in [0.717, 1.165) is 16.0 Å². The molecular formula is C15H16ClFN2OS. The monoisotopic (exact) mass is 326 g/mol. The van der Waals surface area contributed by atoms with Crippen LogP contribution in [0.3, 0.4) is 0 Å². The number of amides is 1. The van der Waals surface area contributed by atoms with Crippen LogP contribution in [0.1, 0.15) is 21.6 Å². The van der Waals surface area contributed by atoms with Crippen LogP contribution in [-0.2, 0) is 13.5 Å². The summed E-state index contributed by atoms with van der Waals surface area (Å²) >= 11 is 10.0. The Morgan fingerprint density at radius 2 is 2.19 bits per heavy atom. The summed E-state index contributed by atoms with van der Waals surface area (Å²) in [6.45, 7) is 2.31. The first kappa shape index (κ1) is 15.9. The molecule has 0 spiro atoms. The molecule has 0 fully saturated rings. The van der Waals surface area contributed by atoms with Gasteiger partial charge in [0, 0.05) is 24.7 Å². The largest absolute Gasteiger partial charge is 0.350 e. The number of thiol groups is 1. The van der Waals surface area contributed by atoms with Crippen LogP contribution in [0, 0.1) is 12.7 Å². The van der Waals surface area contributed by atoms with E-state index in [1.807, 2.05) is 6.92 Å². The molecule has 21 heavy (non-hydrogen) atoms. The van der Waals surface area contributed by atoms with Gasteiger partial charge in [0.2, 0.25) is 0 Å². The average molecular weight is 327 g/mol. The summed E-state index contributed by atoms with van der Waals surface area (Å²) in [5.41, 5.74) is 2.32. The Kier molecular flexibility index (Phi) is 4.96. The summed E-state index contributed by atoms with van der Waals surface area (Å²) in [5.74, 6) is -0.589. The molecule has 0 saturated heterocycles. The van der Waals surface area contributed by atoms with Gasteiger partial charge in [-0.05, 0) is 36.6 Å². The summed E-state index contributed by atoms with van der Waals surface area (Å²) < 4.78 is 14.8. The first-order valence-corrected chi connectivity index (χ1v) is 7.29. The quantitative estimate of drug-likeness (QED) is 0.830. The maximum atomic E-state index is 13.0. The summed E-state index contributed by atoms with van der Waals surface area (Å²) in [4.78, 5) is 12.9. The third kappa shape index (κ3) is 3.60. The van der Waals surface area contributed by atoms with Crippen molar-refractivity contribution in [2.75, 3.05) is 6.54 Å². The number of rotatable bonds is 4. The highest BCUT2D eigenvalue weighted by molar-refractivity contribution is 7.80. The molecule has 112 valence electrons. The molecule has 0 aliphatic rings. The van der Waals surface area contributed by atoms with E-state index in [2.05, 4.69) is 17.9 Å². The number of aryl methyl sites for hydroxylation is 1. The Bertz CT molecular complexity index is 685. The van der Waals surface area contributed by atoms with Gasteiger partial charge in [0.05, 0.1) is 5.02 Å². The van der Waals surface area contributed by atoms with E-state index >= 15 is 0 Å². The minimum atomic E-state index is -0.440. The minimum Gasteiger partial charge on any atom is -0.350 e. The predicted octanol–water partition coefficient (Wildman–Crippen LogP) is 3.39. The third-order valence-electron chi connectivity index (χ3n) is 3.31. The lowest BCUT2D eigenvalue weighted by Gasteiger charge is -2.08. The second kappa shape index (κ2) is 6.54. The molecule has 0 atom stereocenters. The lowest BCUT2D eigenvalue weighted by atomic mass is 10.1. The average Bonchev–Trinajstić information content (AvgIpc) is 2.67. The summed E-state index contributed by atoms with van der Waals surface area (Å²) in [7, 11) is 1.81. The summed E-state index contributed by atoms with van der Waals surface area (Å²) in [6.07, 6.45) is 2.38. The van der Waals surface area contributed by atoms with Crippen LogP contribution in [-0.4, -0.2) is 17.0 Å². The maximum Gasteiger partial charge on any atom is 0.268 e. The number of hydrogen-bond donors (Lipinski definition) is 2. The van der Waals surface area contributed by atoms with Gasteiger partial charge in [-0.2, -0.15) is 0 Å². The molecule has 0 aliphatic carbocycles. The van der Waals surface area contributed by atoms with Crippen LogP contribution in [0.5, 0.6) is 0 Å². The van der Waals surface area contributed by atoms with E-state index in [1.165, 1.54) is 6.07 Å². The lowest BCUT2D eigenvalue weighted by Crippen LogP contribution is -2.28. The van der Waals surface area contributed by atoms with Crippen LogP contribution < -0.4 is 5.32 Å². The molecule has 3 nitrogen and oxygen atoms in total. The van der Waals surface area contributed by atoms with Gasteiger partial charge in [-0.15, -0.1) is 12.6 Å². The van der Waals surface area contributed by atoms with Crippen molar-refractivity contribution in [3.63, 3.8) is 0 Å². The molecule has 0 radical (unpaired) electrons. The van der Waals surface area contributed by atoms with Crippen molar-refractivity contribution in [1.82, 2.24) is 9.88 Å². The molecule has 1 heterocycles. The fraction of sp³-hybridized carbons (Fsp3) is 0.267. The van der Waals surface area contributed by atoms with Gasteiger partial charge in [-0.1, -0.05) is 17.7 Å². The number of nitrogens with zero attached hydrogens (tertiary/aromatic N) is 1. The fourth-order valence-electron chi connectivity index (χ4n) is 2.16. The van der Waals surface area contributed by atoms with Crippen LogP contribution in [0.15, 0.2) is 29.3 Å². The van der Waals surface area contributed by atoms with Gasteiger partial charge < -0.3 is 9.88 Å². The zero-order valence-electron chi connectivity index (χ0n) is 11.8. The highest BCUT2D eigenvalue weighted by Gasteiger charge is 2.15. The lowest BCUT2D eigenvalue weighted by molar-refractivity contribution is 0.0945. The molecule has 0 unspecified atom stereocenters. The molecule has 0 saturated carbocycles. The number of hydrogen-bond acceptors (Lipinski definition) is 2. The maximum absolute atomic E-state index is 13.0. The molecule has 0 bridgehead atoms. The molecule has 1 aromatic carbocycles. The van der Waals surface area contributed by atoms with Crippen molar-refractivity contribution in [2.24, 2.45) is 7.05 Å². The van der Waals surface area contributed by atoms with Gasteiger partial charge in [0.25, 0.3) is 5.91 Å². The van der Waals surface area contributed by atoms with Crippen LogP contribution in [0.25, 0.3) is 0 Å². The fourth-order valence-corrected chi connectivity index (χ4v) is 2.64. The molecule has 1 amide bonds. The first-order chi connectivity index (χ1) is 9.90. The van der Waals surface area contributed by atoms with Crippen LogP contribution in [0.4, 0.5) is 4.39 Å². The number of nitrogens with one attached hydrogen (secondary N) is 1. The number of carbonyl (C=O) groups excluding carboxylic acids is 1. The van der Waals surface area contributed by atoms with Crippen molar-refractivity contribution in [2.45, 2.75) is 18.2 Å². The van der Waals surface area contributed by atoms with E-state index < -0.39 is 5.82 Å². The molecule has 0 aliphatic heterocycles. The van der Waals surface area contributed by atoms with E-state index in [4.69, 9.17) is 11.6 Å². The van der Waals surface area contributed by atoms with Crippen molar-refractivity contribution >= 4 is 30.1 Å². The smallest absolute Gasteiger partial charge is 0.268 e. The first-order valence-electron chi connectivity index (χ1n) is 6.47. The highest BCUT2D eigenvalue weighted by atomic mass is 35.5. The summed E-state index contributed by atoms with van der Waals surface area (Å²) in [6, 6.07) is 4.56. The Labute approximate surface area is 133 Å². The standard InChI is InChI=1S/C15H16ClFN2OS/c1-9-13(21)8-19(2)14(9)15(20)18-6-5-10-3-4-12(17)11(16)7-10/h3-4,7-8,21H,5-6H2,1-2H3,(H,18,20). The Hall–Kier alpha value is -1.46. The Balaban J connectivity index is 1.97. The van der Waals surface area contributed by atoms with Gasteiger partial charge in [-0.25, -0.2) is 4.39 Å². The SMILES string of the molecule is Cc1c(S)cn(C)c1C(=O)NCCc1ccc(F)c(Cl)c1. The minimum absolute atomic E-state index is 0.0943. The molecule has 2 aromatic rings. The topological polar surface area (TPSA) is 34.0 Å². The van der Waals surface area contributed by atoms with Crippen molar-refractivity contribution in [3.8, 4) is 0 Å². The van der Waals surface area contributed by atoms with Crippen molar-refractivity contribution in [1.29, 1.82) is 0 Å². The van der Waals surface area contributed by atoms with E-state index in [9.17, 15) is 9.18 Å². The van der Waals surface area contributed by atoms with Gasteiger partial charge in [-0.3, -0.25) is 4.79 Å². The zero-order chi connectivity index (χ0) is 15.6. The van der Waals surface area contributed by atoms with E-state index in [1.54, 1.807) is 29.9 Å². The number of aromatic nitrogens is 1. The van der Waals surface area contributed by atoms with Crippen LogP contribution >= 0.6 is 24.2 Å².